The molecule has 7 nitrogen and oxygen atoms in total. The second-order valence-electron chi connectivity index (χ2n) is 6.28. The van der Waals surface area contributed by atoms with E-state index in [2.05, 4.69) is 10.5 Å². The Balaban J connectivity index is 1.79. The third kappa shape index (κ3) is 5.03. The Bertz CT molecular complexity index is 1160. The molecule has 4 N–H and O–H groups in total. The molecule has 7 heteroatoms. The van der Waals surface area contributed by atoms with Gasteiger partial charge in [-0.2, -0.15) is 10.4 Å². The Hall–Kier alpha value is -4.57. The van der Waals surface area contributed by atoms with E-state index in [-0.39, 0.29) is 17.2 Å². The van der Waals surface area contributed by atoms with Crippen molar-refractivity contribution in [2.24, 2.45) is 5.10 Å². The van der Waals surface area contributed by atoms with E-state index in [1.54, 1.807) is 36.4 Å². The molecule has 0 aliphatic rings. The van der Waals surface area contributed by atoms with Crippen LogP contribution in [-0.2, 0) is 0 Å². The van der Waals surface area contributed by atoms with Crippen LogP contribution >= 0.6 is 0 Å². The van der Waals surface area contributed by atoms with Crippen molar-refractivity contribution in [3.05, 3.63) is 88.5 Å². The van der Waals surface area contributed by atoms with Crippen LogP contribution in [0.25, 0.3) is 12.2 Å². The van der Waals surface area contributed by atoms with E-state index < -0.39 is 5.91 Å². The number of hydrogen-bond donors (Lipinski definition) is 4. The van der Waals surface area contributed by atoms with E-state index in [4.69, 9.17) is 5.26 Å². The maximum Gasteiger partial charge on any atom is 0.271 e. The fraction of sp³-hybridized carbons (Fsp3) is 0. The summed E-state index contributed by atoms with van der Waals surface area (Å²) >= 11 is 0. The van der Waals surface area contributed by atoms with Crippen LogP contribution in [-0.4, -0.2) is 27.4 Å². The molecule has 0 spiro atoms. The number of amides is 1. The summed E-state index contributed by atoms with van der Waals surface area (Å²) in [5.41, 5.74) is 4.68. The summed E-state index contributed by atoms with van der Waals surface area (Å²) in [4.78, 5) is 12.2. The van der Waals surface area contributed by atoms with Crippen LogP contribution < -0.4 is 5.43 Å². The van der Waals surface area contributed by atoms with Crippen LogP contribution in [0.1, 0.15) is 32.6 Å². The van der Waals surface area contributed by atoms with Crippen molar-refractivity contribution >= 4 is 24.3 Å². The molecule has 0 fully saturated rings. The third-order valence-corrected chi connectivity index (χ3v) is 4.16. The first-order chi connectivity index (χ1) is 14.5. The normalized spacial score (nSPS) is 10.9. The molecular weight excluding hydrogens is 382 g/mol. The van der Waals surface area contributed by atoms with Gasteiger partial charge in [-0.15, -0.1) is 0 Å². The smallest absolute Gasteiger partial charge is 0.271 e. The molecule has 0 atom stereocenters. The summed E-state index contributed by atoms with van der Waals surface area (Å²) in [6.07, 6.45) is 4.67. The first-order valence-electron chi connectivity index (χ1n) is 8.83. The van der Waals surface area contributed by atoms with Gasteiger partial charge in [0, 0.05) is 17.2 Å². The lowest BCUT2D eigenvalue weighted by Crippen LogP contribution is -2.17. The topological polar surface area (TPSA) is 126 Å². The third-order valence-electron chi connectivity index (χ3n) is 4.16. The van der Waals surface area contributed by atoms with Gasteiger partial charge in [-0.25, -0.2) is 5.43 Å². The Morgan fingerprint density at radius 3 is 2.30 bits per heavy atom. The number of hydrogen-bond acceptors (Lipinski definition) is 6. The van der Waals surface area contributed by atoms with Crippen molar-refractivity contribution in [2.45, 2.75) is 0 Å². The van der Waals surface area contributed by atoms with Crippen molar-refractivity contribution in [3.63, 3.8) is 0 Å². The van der Waals surface area contributed by atoms with Gasteiger partial charge >= 0.3 is 0 Å². The van der Waals surface area contributed by atoms with Crippen LogP contribution in [0.2, 0.25) is 0 Å². The molecule has 0 aromatic heterocycles. The molecule has 0 radical (unpaired) electrons. The number of hydrazone groups is 1. The van der Waals surface area contributed by atoms with E-state index in [1.165, 1.54) is 42.6 Å². The summed E-state index contributed by atoms with van der Waals surface area (Å²) < 4.78 is 0. The number of carbonyl (C=O) groups excluding carboxylic acids is 1. The highest BCUT2D eigenvalue weighted by Crippen LogP contribution is 2.27. The summed E-state index contributed by atoms with van der Waals surface area (Å²) in [6.45, 7) is 0. The molecular formula is C23H17N3O4. The number of aromatic hydroxyl groups is 3. The largest absolute Gasteiger partial charge is 0.508 e. The molecule has 0 heterocycles. The van der Waals surface area contributed by atoms with Crippen molar-refractivity contribution in [1.29, 1.82) is 5.26 Å². The Morgan fingerprint density at radius 1 is 0.933 bits per heavy atom. The van der Waals surface area contributed by atoms with Crippen LogP contribution in [0, 0.1) is 11.3 Å². The lowest BCUT2D eigenvalue weighted by Gasteiger charge is -2.06. The number of carbonyl (C=O) groups is 1. The number of nitrogens with zero attached hydrogens (tertiary/aromatic N) is 2. The Kier molecular flexibility index (Phi) is 6.11. The van der Waals surface area contributed by atoms with Crippen LogP contribution in [0.4, 0.5) is 0 Å². The summed E-state index contributed by atoms with van der Waals surface area (Å²) in [7, 11) is 0. The lowest BCUT2D eigenvalue weighted by molar-refractivity contribution is 0.0955. The maximum absolute atomic E-state index is 12.2. The lowest BCUT2D eigenvalue weighted by atomic mass is 10.0. The molecule has 0 aliphatic heterocycles. The monoisotopic (exact) mass is 399 g/mol. The fourth-order valence-corrected chi connectivity index (χ4v) is 2.61. The number of rotatable bonds is 5. The van der Waals surface area contributed by atoms with Gasteiger partial charge in [0.25, 0.3) is 5.91 Å². The minimum Gasteiger partial charge on any atom is -0.508 e. The quantitative estimate of drug-likeness (QED) is 0.296. The van der Waals surface area contributed by atoms with Gasteiger partial charge in [0.2, 0.25) is 0 Å². The van der Waals surface area contributed by atoms with Gasteiger partial charge in [-0.3, -0.25) is 4.79 Å². The zero-order valence-corrected chi connectivity index (χ0v) is 15.6. The van der Waals surface area contributed by atoms with Crippen molar-refractivity contribution in [1.82, 2.24) is 5.43 Å². The first-order valence-corrected chi connectivity index (χ1v) is 8.83. The number of benzene rings is 3. The molecule has 0 saturated carbocycles. The van der Waals surface area contributed by atoms with Gasteiger partial charge in [-0.05, 0) is 53.6 Å². The minimum absolute atomic E-state index is 0.128. The van der Waals surface area contributed by atoms with Crippen molar-refractivity contribution < 1.29 is 20.1 Å². The summed E-state index contributed by atoms with van der Waals surface area (Å²) in [5, 5.41) is 42.0. The van der Waals surface area contributed by atoms with E-state index in [1.807, 2.05) is 6.07 Å². The molecule has 0 unspecified atom stereocenters. The van der Waals surface area contributed by atoms with E-state index in [0.717, 1.165) is 5.56 Å². The Labute approximate surface area is 172 Å². The SMILES string of the molecule is N#Cc1ccc(C(=O)N/N=C\c2c(O)cc(O)cc2/C=C/c2ccc(O)cc2)cc1. The second-order valence-corrected chi connectivity index (χ2v) is 6.28. The molecule has 3 rings (SSSR count). The average molecular weight is 399 g/mol. The second kappa shape index (κ2) is 9.08. The molecule has 0 aliphatic carbocycles. The zero-order valence-electron chi connectivity index (χ0n) is 15.6. The number of phenols is 3. The van der Waals surface area contributed by atoms with Gasteiger partial charge in [-0.1, -0.05) is 24.3 Å². The number of nitriles is 1. The predicted molar refractivity (Wildman–Crippen MR) is 113 cm³/mol. The van der Waals surface area contributed by atoms with Crippen molar-refractivity contribution in [3.8, 4) is 23.3 Å². The number of nitrogens with one attached hydrogen (secondary N) is 1. The molecule has 30 heavy (non-hydrogen) atoms. The fourth-order valence-electron chi connectivity index (χ4n) is 2.61. The predicted octanol–water partition coefficient (Wildman–Crippen LogP) is 3.61. The average Bonchev–Trinajstić information content (AvgIpc) is 2.74. The number of phenolic OH excluding ortho intramolecular Hbond substituents is 3. The van der Waals surface area contributed by atoms with Gasteiger partial charge < -0.3 is 15.3 Å². The highest BCUT2D eigenvalue weighted by molar-refractivity contribution is 5.96. The van der Waals surface area contributed by atoms with Crippen LogP contribution in [0.3, 0.4) is 0 Å². The van der Waals surface area contributed by atoms with Crippen LogP contribution in [0.15, 0.2) is 65.8 Å². The van der Waals surface area contributed by atoms with Gasteiger partial charge in [0.1, 0.15) is 17.2 Å². The van der Waals surface area contributed by atoms with Crippen LogP contribution in [0.5, 0.6) is 17.2 Å². The first kappa shape index (κ1) is 20.2. The van der Waals surface area contributed by atoms with Crippen molar-refractivity contribution in [2.75, 3.05) is 0 Å². The molecule has 3 aromatic rings. The summed E-state index contributed by atoms with van der Waals surface area (Å²) in [5.74, 6) is -0.670. The van der Waals surface area contributed by atoms with Gasteiger partial charge in [0.05, 0.1) is 17.8 Å². The maximum atomic E-state index is 12.2. The Morgan fingerprint density at radius 2 is 1.63 bits per heavy atom. The molecule has 3 aromatic carbocycles. The molecule has 148 valence electrons. The van der Waals surface area contributed by atoms with E-state index in [0.29, 0.717) is 22.3 Å². The minimum atomic E-state index is -0.477. The summed E-state index contributed by atoms with van der Waals surface area (Å²) in [6, 6.07) is 17.2. The van der Waals surface area contributed by atoms with E-state index in [9.17, 15) is 20.1 Å². The molecule has 0 saturated heterocycles. The van der Waals surface area contributed by atoms with Gasteiger partial charge in [0.15, 0.2) is 0 Å². The molecule has 1 amide bonds. The highest BCUT2D eigenvalue weighted by atomic mass is 16.3. The standard InChI is InChI=1S/C23H17N3O4/c24-13-16-2-6-17(7-3-16)23(30)26-25-14-21-18(11-20(28)12-22(21)29)8-1-15-4-9-19(27)10-5-15/h1-12,14,27-29H,(H,26,30)/b8-1+,25-14-. The van der Waals surface area contributed by atoms with E-state index >= 15 is 0 Å². The highest BCUT2D eigenvalue weighted by Gasteiger charge is 2.08. The molecule has 0 bridgehead atoms. The zero-order chi connectivity index (χ0) is 21.5.